The average Bonchev–Trinajstić information content (AvgIpc) is 2.45. The molecule has 0 aliphatic heterocycles. The number of benzene rings is 1. The first kappa shape index (κ1) is 16.8. The zero-order valence-corrected chi connectivity index (χ0v) is 12.2. The first-order valence-electron chi connectivity index (χ1n) is 6.63. The van der Waals surface area contributed by atoms with Crippen molar-refractivity contribution in [2.45, 2.75) is 18.9 Å². The smallest absolute Gasteiger partial charge is 0.237 e. The number of aliphatic hydroxyl groups excluding tert-OH is 1. The van der Waals surface area contributed by atoms with Crippen molar-refractivity contribution in [3.8, 4) is 5.75 Å². The van der Waals surface area contributed by atoms with Gasteiger partial charge in [0.2, 0.25) is 5.91 Å². The van der Waals surface area contributed by atoms with Gasteiger partial charge in [-0.05, 0) is 36.3 Å². The van der Waals surface area contributed by atoms with Crippen LogP contribution in [0.3, 0.4) is 0 Å². The first-order valence-corrected chi connectivity index (χ1v) is 7.78. The molecule has 5 N–H and O–H groups in total. The van der Waals surface area contributed by atoms with Gasteiger partial charge >= 0.3 is 0 Å². The van der Waals surface area contributed by atoms with E-state index in [1.165, 1.54) is 0 Å². The minimum Gasteiger partial charge on any atom is -0.508 e. The SMILES string of the molecule is N[C@H](Cc1ccc(O)cc1)C(=O)NCCSCCCO. The van der Waals surface area contributed by atoms with Crippen molar-refractivity contribution >= 4 is 17.7 Å². The second-order valence-electron chi connectivity index (χ2n) is 4.46. The second kappa shape index (κ2) is 9.63. The normalized spacial score (nSPS) is 12.1. The van der Waals surface area contributed by atoms with Crippen LogP contribution in [-0.2, 0) is 11.2 Å². The largest absolute Gasteiger partial charge is 0.508 e. The van der Waals surface area contributed by atoms with E-state index >= 15 is 0 Å². The number of amides is 1. The van der Waals surface area contributed by atoms with Crippen LogP contribution >= 0.6 is 11.8 Å². The molecule has 0 saturated heterocycles. The van der Waals surface area contributed by atoms with Gasteiger partial charge < -0.3 is 21.3 Å². The Bertz CT molecular complexity index is 398. The zero-order chi connectivity index (χ0) is 14.8. The number of nitrogens with two attached hydrogens (primary N) is 1. The highest BCUT2D eigenvalue weighted by atomic mass is 32.2. The molecule has 0 saturated carbocycles. The average molecular weight is 298 g/mol. The van der Waals surface area contributed by atoms with E-state index in [-0.39, 0.29) is 18.3 Å². The lowest BCUT2D eigenvalue weighted by Crippen LogP contribution is -2.42. The summed E-state index contributed by atoms with van der Waals surface area (Å²) in [5, 5.41) is 20.6. The molecule has 0 spiro atoms. The number of aliphatic hydroxyl groups is 1. The molecule has 0 aromatic heterocycles. The predicted octanol–water partition coefficient (Wildman–Crippen LogP) is 0.494. The molecule has 20 heavy (non-hydrogen) atoms. The molecule has 0 heterocycles. The van der Waals surface area contributed by atoms with Gasteiger partial charge in [0, 0.05) is 18.9 Å². The Kier molecular flexibility index (Phi) is 8.10. The lowest BCUT2D eigenvalue weighted by Gasteiger charge is -2.12. The maximum absolute atomic E-state index is 11.8. The van der Waals surface area contributed by atoms with E-state index in [2.05, 4.69) is 5.32 Å². The van der Waals surface area contributed by atoms with Gasteiger partial charge in [-0.2, -0.15) is 11.8 Å². The number of aromatic hydroxyl groups is 1. The van der Waals surface area contributed by atoms with Crippen molar-refractivity contribution in [1.82, 2.24) is 5.32 Å². The van der Waals surface area contributed by atoms with Crippen molar-refractivity contribution in [2.24, 2.45) is 5.73 Å². The number of phenols is 1. The Hall–Kier alpha value is -1.24. The van der Waals surface area contributed by atoms with E-state index in [1.807, 2.05) is 0 Å². The van der Waals surface area contributed by atoms with Crippen molar-refractivity contribution in [3.63, 3.8) is 0 Å². The molecule has 1 aromatic carbocycles. The van der Waals surface area contributed by atoms with Gasteiger partial charge in [-0.1, -0.05) is 12.1 Å². The fourth-order valence-corrected chi connectivity index (χ4v) is 2.41. The van der Waals surface area contributed by atoms with E-state index in [4.69, 9.17) is 10.8 Å². The van der Waals surface area contributed by atoms with E-state index < -0.39 is 6.04 Å². The van der Waals surface area contributed by atoms with E-state index in [1.54, 1.807) is 36.0 Å². The highest BCUT2D eigenvalue weighted by Crippen LogP contribution is 2.10. The van der Waals surface area contributed by atoms with Gasteiger partial charge in [-0.15, -0.1) is 0 Å². The van der Waals surface area contributed by atoms with Crippen LogP contribution in [0.1, 0.15) is 12.0 Å². The highest BCUT2D eigenvalue weighted by molar-refractivity contribution is 7.99. The number of hydrogen-bond acceptors (Lipinski definition) is 5. The molecule has 1 aromatic rings. The molecule has 6 heteroatoms. The maximum atomic E-state index is 11.8. The highest BCUT2D eigenvalue weighted by Gasteiger charge is 2.13. The maximum Gasteiger partial charge on any atom is 0.237 e. The monoisotopic (exact) mass is 298 g/mol. The Morgan fingerprint density at radius 2 is 2.00 bits per heavy atom. The minimum absolute atomic E-state index is 0.166. The van der Waals surface area contributed by atoms with Crippen LogP contribution in [0.5, 0.6) is 5.75 Å². The molecule has 0 fully saturated rings. The van der Waals surface area contributed by atoms with Gasteiger partial charge in [-0.3, -0.25) is 4.79 Å². The summed E-state index contributed by atoms with van der Waals surface area (Å²) in [5.41, 5.74) is 6.75. The Morgan fingerprint density at radius 3 is 2.65 bits per heavy atom. The van der Waals surface area contributed by atoms with E-state index in [9.17, 15) is 9.90 Å². The van der Waals surface area contributed by atoms with Crippen LogP contribution in [0, 0.1) is 0 Å². The Morgan fingerprint density at radius 1 is 1.30 bits per heavy atom. The standard InChI is InChI=1S/C14H22N2O3S/c15-13(10-11-2-4-12(18)5-3-11)14(19)16-6-9-20-8-1-7-17/h2-5,13,17-18H,1,6-10,15H2,(H,16,19)/t13-/m1/s1. The minimum atomic E-state index is -0.581. The number of thioether (sulfide) groups is 1. The molecular weight excluding hydrogens is 276 g/mol. The van der Waals surface area contributed by atoms with Gasteiger partial charge in [0.25, 0.3) is 0 Å². The van der Waals surface area contributed by atoms with E-state index in [0.717, 1.165) is 23.5 Å². The summed E-state index contributed by atoms with van der Waals surface area (Å²) in [6, 6.07) is 6.10. The third kappa shape index (κ3) is 6.79. The molecular formula is C14H22N2O3S. The molecule has 5 nitrogen and oxygen atoms in total. The van der Waals surface area contributed by atoms with Gasteiger partial charge in [-0.25, -0.2) is 0 Å². The second-order valence-corrected chi connectivity index (χ2v) is 5.68. The van der Waals surface area contributed by atoms with Crippen LogP contribution < -0.4 is 11.1 Å². The Balaban J connectivity index is 2.20. The fourth-order valence-electron chi connectivity index (χ4n) is 1.62. The zero-order valence-electron chi connectivity index (χ0n) is 11.4. The van der Waals surface area contributed by atoms with Gasteiger partial charge in [0.05, 0.1) is 6.04 Å². The number of phenolic OH excluding ortho intramolecular Hbond substituents is 1. The quantitative estimate of drug-likeness (QED) is 0.498. The van der Waals surface area contributed by atoms with Gasteiger partial charge in [0.15, 0.2) is 0 Å². The molecule has 0 bridgehead atoms. The van der Waals surface area contributed by atoms with Crippen LogP contribution in [0.2, 0.25) is 0 Å². The number of hydrogen-bond donors (Lipinski definition) is 4. The Labute approximate surface area is 123 Å². The number of rotatable bonds is 9. The molecule has 0 aliphatic rings. The lowest BCUT2D eigenvalue weighted by molar-refractivity contribution is -0.122. The van der Waals surface area contributed by atoms with Crippen molar-refractivity contribution in [2.75, 3.05) is 24.7 Å². The molecule has 0 aliphatic carbocycles. The topological polar surface area (TPSA) is 95.6 Å². The summed E-state index contributed by atoms with van der Waals surface area (Å²) in [5.74, 6) is 1.75. The summed E-state index contributed by atoms with van der Waals surface area (Å²) in [6.45, 7) is 0.787. The number of nitrogens with one attached hydrogen (secondary N) is 1. The summed E-state index contributed by atoms with van der Waals surface area (Å²) < 4.78 is 0. The van der Waals surface area contributed by atoms with Crippen molar-refractivity contribution in [1.29, 1.82) is 0 Å². The molecule has 0 unspecified atom stereocenters. The van der Waals surface area contributed by atoms with Crippen LogP contribution in [0.15, 0.2) is 24.3 Å². The molecule has 112 valence electrons. The molecule has 1 amide bonds. The third-order valence-electron chi connectivity index (χ3n) is 2.72. The number of carbonyl (C=O) groups excluding carboxylic acids is 1. The number of carbonyl (C=O) groups is 1. The van der Waals surface area contributed by atoms with Crippen molar-refractivity contribution in [3.05, 3.63) is 29.8 Å². The van der Waals surface area contributed by atoms with E-state index in [0.29, 0.717) is 13.0 Å². The lowest BCUT2D eigenvalue weighted by atomic mass is 10.1. The van der Waals surface area contributed by atoms with Crippen LogP contribution in [0.25, 0.3) is 0 Å². The summed E-state index contributed by atoms with van der Waals surface area (Å²) in [4.78, 5) is 11.8. The third-order valence-corrected chi connectivity index (χ3v) is 3.79. The molecule has 1 atom stereocenters. The van der Waals surface area contributed by atoms with Crippen LogP contribution in [-0.4, -0.2) is 46.8 Å². The molecule has 1 rings (SSSR count). The summed E-state index contributed by atoms with van der Waals surface area (Å²) in [7, 11) is 0. The first-order chi connectivity index (χ1) is 9.63. The summed E-state index contributed by atoms with van der Waals surface area (Å²) >= 11 is 1.69. The van der Waals surface area contributed by atoms with Crippen LogP contribution in [0.4, 0.5) is 0 Å². The summed E-state index contributed by atoms with van der Waals surface area (Å²) in [6.07, 6.45) is 1.22. The van der Waals surface area contributed by atoms with Crippen molar-refractivity contribution < 1.29 is 15.0 Å². The molecule has 0 radical (unpaired) electrons. The predicted molar refractivity (Wildman–Crippen MR) is 81.8 cm³/mol. The van der Waals surface area contributed by atoms with Gasteiger partial charge in [0.1, 0.15) is 5.75 Å². The fraction of sp³-hybridized carbons (Fsp3) is 0.500.